The number of hydrogen-bond acceptors (Lipinski definition) is 5. The molecule has 2 N–H and O–H groups in total. The number of piperidine rings is 1. The second-order valence-electron chi connectivity index (χ2n) is 6.80. The van der Waals surface area contributed by atoms with Crippen molar-refractivity contribution in [1.82, 2.24) is 9.97 Å². The van der Waals surface area contributed by atoms with Crippen LogP contribution in [0.3, 0.4) is 0 Å². The average Bonchev–Trinajstić information content (AvgIpc) is 2.65. The highest BCUT2D eigenvalue weighted by atomic mass is 19.1. The lowest BCUT2D eigenvalue weighted by atomic mass is 9.73. The molecule has 1 aromatic carbocycles. The Bertz CT molecular complexity index is 831. The number of halogens is 2. The molecule has 0 amide bonds. The highest BCUT2D eigenvalue weighted by molar-refractivity contribution is 5.77. The second kappa shape index (κ2) is 7.56. The minimum absolute atomic E-state index is 0.00633. The second-order valence-corrected chi connectivity index (χ2v) is 6.80. The van der Waals surface area contributed by atoms with Crippen molar-refractivity contribution in [3.05, 3.63) is 53.5 Å². The molecule has 1 aromatic heterocycles. The van der Waals surface area contributed by atoms with Crippen molar-refractivity contribution in [2.75, 3.05) is 18.0 Å². The normalized spacial score (nSPS) is 22.7. The van der Waals surface area contributed by atoms with Crippen LogP contribution in [0.2, 0.25) is 0 Å². The highest BCUT2D eigenvalue weighted by Gasteiger charge is 2.50. The molecule has 3 rings (SSSR count). The summed E-state index contributed by atoms with van der Waals surface area (Å²) in [7, 11) is 0. The number of carboxylic acid groups (broad SMARTS) is 1. The first-order valence-corrected chi connectivity index (χ1v) is 8.77. The standard InChI is InChI=1S/C19H21F2N3O3/c1-2-14-16(21)17(23-11-22-14)24-8-7-15(25)19(10-24,18(26)27)9-12-3-5-13(20)6-4-12/h3-6,11,15,25H,2,7-10H2,1H3,(H,26,27)/t15-,19-/m1/s1. The predicted molar refractivity (Wildman–Crippen MR) is 94.4 cm³/mol. The maximum atomic E-state index is 14.7. The molecule has 27 heavy (non-hydrogen) atoms. The van der Waals surface area contributed by atoms with Crippen molar-refractivity contribution in [2.24, 2.45) is 5.41 Å². The first-order valence-electron chi connectivity index (χ1n) is 8.77. The van der Waals surface area contributed by atoms with Gasteiger partial charge in [0.05, 0.1) is 11.8 Å². The Morgan fingerprint density at radius 2 is 2.00 bits per heavy atom. The van der Waals surface area contributed by atoms with Gasteiger partial charge in [-0.1, -0.05) is 19.1 Å². The summed E-state index contributed by atoms with van der Waals surface area (Å²) in [6.45, 7) is 1.93. The molecule has 0 radical (unpaired) electrons. The molecule has 1 aliphatic rings. The van der Waals surface area contributed by atoms with Crippen LogP contribution in [0.25, 0.3) is 0 Å². The van der Waals surface area contributed by atoms with E-state index in [-0.39, 0.29) is 37.4 Å². The molecule has 1 aliphatic heterocycles. The van der Waals surface area contributed by atoms with Crippen LogP contribution in [0, 0.1) is 17.0 Å². The van der Waals surface area contributed by atoms with Gasteiger partial charge in [-0.3, -0.25) is 4.79 Å². The number of anilines is 1. The third-order valence-corrected chi connectivity index (χ3v) is 5.12. The zero-order valence-corrected chi connectivity index (χ0v) is 14.9. The highest BCUT2D eigenvalue weighted by Crippen LogP contribution is 2.37. The zero-order valence-electron chi connectivity index (χ0n) is 14.9. The molecule has 8 heteroatoms. The SMILES string of the molecule is CCc1ncnc(N2CC[C@@H](O)[C@](Cc3ccc(F)cc3)(C(=O)O)C2)c1F. The summed E-state index contributed by atoms with van der Waals surface area (Å²) < 4.78 is 27.8. The summed E-state index contributed by atoms with van der Waals surface area (Å²) in [4.78, 5) is 21.6. The van der Waals surface area contributed by atoms with E-state index in [1.54, 1.807) is 11.8 Å². The quantitative estimate of drug-likeness (QED) is 0.831. The number of carboxylic acids is 1. The van der Waals surface area contributed by atoms with Gasteiger partial charge in [-0.05, 0) is 37.0 Å². The van der Waals surface area contributed by atoms with E-state index >= 15 is 0 Å². The van der Waals surface area contributed by atoms with Crippen LogP contribution in [0.15, 0.2) is 30.6 Å². The fourth-order valence-electron chi connectivity index (χ4n) is 3.55. The number of aliphatic hydroxyl groups excluding tert-OH is 1. The number of benzene rings is 1. The van der Waals surface area contributed by atoms with Crippen LogP contribution >= 0.6 is 0 Å². The van der Waals surface area contributed by atoms with Crippen molar-refractivity contribution < 1.29 is 23.8 Å². The first-order chi connectivity index (χ1) is 12.9. The number of aliphatic hydroxyl groups is 1. The molecular formula is C19H21F2N3O3. The summed E-state index contributed by atoms with van der Waals surface area (Å²) >= 11 is 0. The number of aromatic nitrogens is 2. The van der Waals surface area contributed by atoms with E-state index in [0.29, 0.717) is 12.0 Å². The summed E-state index contributed by atoms with van der Waals surface area (Å²) in [5.41, 5.74) is -0.720. The van der Waals surface area contributed by atoms with Gasteiger partial charge in [-0.25, -0.2) is 18.7 Å². The van der Waals surface area contributed by atoms with E-state index < -0.39 is 29.1 Å². The number of carbonyl (C=O) groups is 1. The van der Waals surface area contributed by atoms with Gasteiger partial charge >= 0.3 is 5.97 Å². The molecular weight excluding hydrogens is 356 g/mol. The van der Waals surface area contributed by atoms with Gasteiger partial charge in [-0.15, -0.1) is 0 Å². The largest absolute Gasteiger partial charge is 0.481 e. The zero-order chi connectivity index (χ0) is 19.6. The van der Waals surface area contributed by atoms with Crippen LogP contribution in [-0.4, -0.2) is 45.3 Å². The Hall–Kier alpha value is -2.61. The smallest absolute Gasteiger partial charge is 0.314 e. The molecule has 144 valence electrons. The molecule has 6 nitrogen and oxygen atoms in total. The van der Waals surface area contributed by atoms with E-state index in [4.69, 9.17) is 0 Å². The Morgan fingerprint density at radius 3 is 2.63 bits per heavy atom. The van der Waals surface area contributed by atoms with Gasteiger partial charge in [0.25, 0.3) is 0 Å². The van der Waals surface area contributed by atoms with Crippen molar-refractivity contribution >= 4 is 11.8 Å². The number of rotatable bonds is 5. The van der Waals surface area contributed by atoms with E-state index in [1.165, 1.54) is 30.6 Å². The monoisotopic (exact) mass is 377 g/mol. The van der Waals surface area contributed by atoms with Gasteiger partial charge in [0, 0.05) is 13.1 Å². The van der Waals surface area contributed by atoms with E-state index in [0.717, 1.165) is 0 Å². The van der Waals surface area contributed by atoms with Gasteiger partial charge in [0.2, 0.25) is 0 Å². The molecule has 0 spiro atoms. The molecule has 2 atom stereocenters. The minimum Gasteiger partial charge on any atom is -0.481 e. The molecule has 1 fully saturated rings. The van der Waals surface area contributed by atoms with E-state index in [1.807, 2.05) is 0 Å². The van der Waals surface area contributed by atoms with Crippen molar-refractivity contribution in [1.29, 1.82) is 0 Å². The number of hydrogen-bond donors (Lipinski definition) is 2. The van der Waals surface area contributed by atoms with E-state index in [9.17, 15) is 23.8 Å². The summed E-state index contributed by atoms with van der Waals surface area (Å²) in [5.74, 6) is -2.14. The molecule has 0 aliphatic carbocycles. The molecule has 0 saturated carbocycles. The average molecular weight is 377 g/mol. The lowest BCUT2D eigenvalue weighted by molar-refractivity contribution is -0.157. The Balaban J connectivity index is 1.96. The molecule has 0 unspecified atom stereocenters. The third-order valence-electron chi connectivity index (χ3n) is 5.12. The van der Waals surface area contributed by atoms with Crippen molar-refractivity contribution in [2.45, 2.75) is 32.3 Å². The topological polar surface area (TPSA) is 86.5 Å². The van der Waals surface area contributed by atoms with Crippen LogP contribution in [-0.2, 0) is 17.6 Å². The molecule has 2 aromatic rings. The van der Waals surface area contributed by atoms with Crippen LogP contribution in [0.1, 0.15) is 24.6 Å². The number of nitrogens with zero attached hydrogens (tertiary/aromatic N) is 3. The van der Waals surface area contributed by atoms with Crippen molar-refractivity contribution in [3.8, 4) is 0 Å². The first kappa shape index (κ1) is 19.2. The van der Waals surface area contributed by atoms with Gasteiger partial charge in [-0.2, -0.15) is 0 Å². The number of aryl methyl sites for hydroxylation is 1. The molecule has 1 saturated heterocycles. The predicted octanol–water partition coefficient (Wildman–Crippen LogP) is 2.20. The third kappa shape index (κ3) is 3.62. The number of aliphatic carboxylic acids is 1. The van der Waals surface area contributed by atoms with Crippen LogP contribution in [0.5, 0.6) is 0 Å². The van der Waals surface area contributed by atoms with Gasteiger partial charge in [0.1, 0.15) is 17.6 Å². The summed E-state index contributed by atoms with van der Waals surface area (Å²) in [6.07, 6.45) is 0.667. The Labute approximate surface area is 155 Å². The fraction of sp³-hybridized carbons (Fsp3) is 0.421. The lowest BCUT2D eigenvalue weighted by Crippen LogP contribution is -2.57. The van der Waals surface area contributed by atoms with E-state index in [2.05, 4.69) is 9.97 Å². The minimum atomic E-state index is -1.56. The maximum Gasteiger partial charge on any atom is 0.314 e. The van der Waals surface area contributed by atoms with Crippen LogP contribution in [0.4, 0.5) is 14.6 Å². The lowest BCUT2D eigenvalue weighted by Gasteiger charge is -2.44. The van der Waals surface area contributed by atoms with Crippen LogP contribution < -0.4 is 4.90 Å². The fourth-order valence-corrected chi connectivity index (χ4v) is 3.55. The summed E-state index contributed by atoms with van der Waals surface area (Å²) in [6, 6.07) is 5.48. The van der Waals surface area contributed by atoms with Gasteiger partial charge < -0.3 is 15.1 Å². The Kier molecular flexibility index (Phi) is 5.36. The maximum absolute atomic E-state index is 14.7. The molecule has 0 bridgehead atoms. The Morgan fingerprint density at radius 1 is 1.30 bits per heavy atom. The summed E-state index contributed by atoms with van der Waals surface area (Å²) in [5, 5.41) is 20.5. The molecule has 2 heterocycles. The van der Waals surface area contributed by atoms with Crippen molar-refractivity contribution in [3.63, 3.8) is 0 Å². The van der Waals surface area contributed by atoms with Gasteiger partial charge in [0.15, 0.2) is 11.6 Å².